The summed E-state index contributed by atoms with van der Waals surface area (Å²) in [5.74, 6) is 0. The van der Waals surface area contributed by atoms with Gasteiger partial charge in [-0.2, -0.15) is 0 Å². The molecule has 0 spiro atoms. The molecule has 0 unspecified atom stereocenters. The lowest BCUT2D eigenvalue weighted by atomic mass is 10.3. The van der Waals surface area contributed by atoms with Gasteiger partial charge in [-0.05, 0) is 14.0 Å². The van der Waals surface area contributed by atoms with Gasteiger partial charge in [0.25, 0.3) is 0 Å². The van der Waals surface area contributed by atoms with Crippen molar-refractivity contribution in [1.82, 2.24) is 10.6 Å². The molecule has 0 rings (SSSR count). The maximum absolute atomic E-state index is 3.80. The maximum Gasteiger partial charge on any atom is 0.0352 e. The number of rotatable bonds is 5. The van der Waals surface area contributed by atoms with Crippen molar-refractivity contribution in [3.8, 4) is 0 Å². The third-order valence-corrected chi connectivity index (χ3v) is 1.03. The van der Waals surface area contributed by atoms with Crippen molar-refractivity contribution in [2.24, 2.45) is 0 Å². The fourth-order valence-electron chi connectivity index (χ4n) is 0.552. The highest BCUT2D eigenvalue weighted by molar-refractivity contribution is 5.00. The molecule has 0 aromatic rings. The third-order valence-electron chi connectivity index (χ3n) is 1.03. The van der Waals surface area contributed by atoms with Crippen molar-refractivity contribution in [2.75, 3.05) is 20.1 Å². The lowest BCUT2D eigenvalue weighted by Crippen LogP contribution is -2.22. The summed E-state index contributed by atoms with van der Waals surface area (Å²) in [6, 6.07) is 0. The molecule has 0 aliphatic heterocycles. The quantitative estimate of drug-likeness (QED) is 0.554. The van der Waals surface area contributed by atoms with Gasteiger partial charge in [-0.3, -0.25) is 0 Å². The van der Waals surface area contributed by atoms with Crippen LogP contribution in [0.5, 0.6) is 0 Å². The van der Waals surface area contributed by atoms with E-state index in [0.29, 0.717) is 0 Å². The van der Waals surface area contributed by atoms with E-state index in [0.717, 1.165) is 24.4 Å². The second-order valence-corrected chi connectivity index (χ2v) is 2.44. The van der Waals surface area contributed by atoms with Gasteiger partial charge >= 0.3 is 0 Å². The summed E-state index contributed by atoms with van der Waals surface area (Å²) < 4.78 is 0. The summed E-state index contributed by atoms with van der Waals surface area (Å²) in [6.45, 7) is 11.2. The number of likely N-dealkylation sites (N-methyl/N-ethyl adjacent to an activating group) is 1. The molecule has 0 saturated heterocycles. The van der Waals surface area contributed by atoms with Crippen LogP contribution in [0.3, 0.4) is 0 Å². The maximum atomic E-state index is 3.80. The highest BCUT2D eigenvalue weighted by Crippen LogP contribution is 1.85. The molecule has 10 heavy (non-hydrogen) atoms. The van der Waals surface area contributed by atoms with Gasteiger partial charge in [0.1, 0.15) is 0 Å². The SMILES string of the molecule is C=C(C)CNC(=C)CNC. The zero-order valence-corrected chi connectivity index (χ0v) is 6.83. The van der Waals surface area contributed by atoms with Crippen LogP contribution in [0.2, 0.25) is 0 Å². The molecule has 0 aromatic heterocycles. The van der Waals surface area contributed by atoms with E-state index in [-0.39, 0.29) is 0 Å². The van der Waals surface area contributed by atoms with Crippen LogP contribution >= 0.6 is 0 Å². The van der Waals surface area contributed by atoms with Crippen LogP contribution in [0.15, 0.2) is 24.4 Å². The monoisotopic (exact) mass is 140 g/mol. The largest absolute Gasteiger partial charge is 0.384 e. The predicted molar refractivity (Wildman–Crippen MR) is 45.9 cm³/mol. The summed E-state index contributed by atoms with van der Waals surface area (Å²) >= 11 is 0. The predicted octanol–water partition coefficient (Wildman–Crippen LogP) is 0.885. The Morgan fingerprint density at radius 2 is 1.90 bits per heavy atom. The Morgan fingerprint density at radius 1 is 1.30 bits per heavy atom. The van der Waals surface area contributed by atoms with E-state index >= 15 is 0 Å². The average molecular weight is 140 g/mol. The molecule has 0 radical (unpaired) electrons. The Balaban J connectivity index is 3.30. The Hall–Kier alpha value is -0.760. The van der Waals surface area contributed by atoms with Gasteiger partial charge in [0, 0.05) is 18.8 Å². The van der Waals surface area contributed by atoms with Crippen LogP contribution in [0.25, 0.3) is 0 Å². The molecule has 0 amide bonds. The average Bonchev–Trinajstić information content (AvgIpc) is 1.85. The molecule has 0 heterocycles. The molecule has 0 aliphatic rings. The molecule has 2 heteroatoms. The minimum Gasteiger partial charge on any atom is -0.384 e. The van der Waals surface area contributed by atoms with Crippen LogP contribution < -0.4 is 10.6 Å². The zero-order valence-electron chi connectivity index (χ0n) is 6.83. The minimum absolute atomic E-state index is 0.813. The summed E-state index contributed by atoms with van der Waals surface area (Å²) in [4.78, 5) is 0. The standard InChI is InChI=1S/C8H16N2/c1-7(2)5-10-8(3)6-9-4/h9-10H,1,3,5-6H2,2,4H3. The van der Waals surface area contributed by atoms with Gasteiger partial charge in [0.2, 0.25) is 0 Å². The van der Waals surface area contributed by atoms with E-state index in [9.17, 15) is 0 Å². The van der Waals surface area contributed by atoms with Gasteiger partial charge < -0.3 is 10.6 Å². The summed E-state index contributed by atoms with van der Waals surface area (Å²) in [5.41, 5.74) is 2.13. The van der Waals surface area contributed by atoms with Crippen LogP contribution in [0.1, 0.15) is 6.92 Å². The lowest BCUT2D eigenvalue weighted by Gasteiger charge is -2.07. The van der Waals surface area contributed by atoms with Gasteiger partial charge in [0.15, 0.2) is 0 Å². The molecule has 2 N–H and O–H groups in total. The van der Waals surface area contributed by atoms with Crippen molar-refractivity contribution in [1.29, 1.82) is 0 Å². The first-order chi connectivity index (χ1) is 4.66. The number of nitrogens with one attached hydrogen (secondary N) is 2. The smallest absolute Gasteiger partial charge is 0.0352 e. The van der Waals surface area contributed by atoms with Crippen molar-refractivity contribution in [2.45, 2.75) is 6.92 Å². The van der Waals surface area contributed by atoms with Crippen molar-refractivity contribution >= 4 is 0 Å². The number of hydrogen-bond donors (Lipinski definition) is 2. The molecule has 0 saturated carbocycles. The molecular weight excluding hydrogens is 124 g/mol. The summed E-state index contributed by atoms with van der Waals surface area (Å²) in [6.07, 6.45) is 0. The van der Waals surface area contributed by atoms with E-state index in [1.165, 1.54) is 0 Å². The number of hydrogen-bond acceptors (Lipinski definition) is 2. The Morgan fingerprint density at radius 3 is 2.30 bits per heavy atom. The van der Waals surface area contributed by atoms with Crippen molar-refractivity contribution < 1.29 is 0 Å². The van der Waals surface area contributed by atoms with E-state index < -0.39 is 0 Å². The van der Waals surface area contributed by atoms with E-state index in [1.807, 2.05) is 14.0 Å². The van der Waals surface area contributed by atoms with Crippen LogP contribution in [0, 0.1) is 0 Å². The minimum atomic E-state index is 0.813. The van der Waals surface area contributed by atoms with Gasteiger partial charge in [-0.1, -0.05) is 18.7 Å². The van der Waals surface area contributed by atoms with Crippen molar-refractivity contribution in [3.63, 3.8) is 0 Å². The summed E-state index contributed by atoms with van der Waals surface area (Å²) in [7, 11) is 1.90. The second-order valence-electron chi connectivity index (χ2n) is 2.44. The Kier molecular flexibility index (Phi) is 4.67. The summed E-state index contributed by atoms with van der Waals surface area (Å²) in [5, 5.41) is 6.13. The molecular formula is C8H16N2. The van der Waals surface area contributed by atoms with Gasteiger partial charge in [-0.15, -0.1) is 0 Å². The van der Waals surface area contributed by atoms with Gasteiger partial charge in [0.05, 0.1) is 0 Å². The topological polar surface area (TPSA) is 24.1 Å². The fourth-order valence-corrected chi connectivity index (χ4v) is 0.552. The normalized spacial score (nSPS) is 9.00. The highest BCUT2D eigenvalue weighted by Gasteiger charge is 1.88. The molecule has 0 atom stereocenters. The van der Waals surface area contributed by atoms with E-state index in [2.05, 4.69) is 23.8 Å². The first kappa shape index (κ1) is 9.24. The zero-order chi connectivity index (χ0) is 7.98. The molecule has 0 aliphatic carbocycles. The van der Waals surface area contributed by atoms with Gasteiger partial charge in [-0.25, -0.2) is 0 Å². The molecule has 2 nitrogen and oxygen atoms in total. The second kappa shape index (κ2) is 5.06. The van der Waals surface area contributed by atoms with Crippen LogP contribution in [0.4, 0.5) is 0 Å². The first-order valence-electron chi connectivity index (χ1n) is 3.37. The van der Waals surface area contributed by atoms with E-state index in [1.54, 1.807) is 0 Å². The Labute approximate surface area is 63.0 Å². The van der Waals surface area contributed by atoms with Crippen LogP contribution in [-0.4, -0.2) is 20.1 Å². The van der Waals surface area contributed by atoms with Crippen molar-refractivity contribution in [3.05, 3.63) is 24.4 Å². The lowest BCUT2D eigenvalue weighted by molar-refractivity contribution is 0.776. The molecule has 0 fully saturated rings. The fraction of sp³-hybridized carbons (Fsp3) is 0.500. The molecule has 0 bridgehead atoms. The highest BCUT2D eigenvalue weighted by atomic mass is 14.9. The molecule has 58 valence electrons. The van der Waals surface area contributed by atoms with E-state index in [4.69, 9.17) is 0 Å². The Bertz CT molecular complexity index is 127. The first-order valence-corrected chi connectivity index (χ1v) is 3.37. The molecule has 0 aromatic carbocycles. The third kappa shape index (κ3) is 5.38. The van der Waals surface area contributed by atoms with Crippen LogP contribution in [-0.2, 0) is 0 Å².